The molecule has 1 aliphatic heterocycles. The number of carbonyl (C=O) groups is 2. The summed E-state index contributed by atoms with van der Waals surface area (Å²) in [6.45, 7) is -0.0816. The van der Waals surface area contributed by atoms with Gasteiger partial charge in [0.2, 0.25) is 6.79 Å². The van der Waals surface area contributed by atoms with E-state index in [0.29, 0.717) is 17.0 Å². The quantitative estimate of drug-likeness (QED) is 0.370. The van der Waals surface area contributed by atoms with Gasteiger partial charge in [0.15, 0.2) is 16.3 Å². The smallest absolute Gasteiger partial charge is 0.325 e. The van der Waals surface area contributed by atoms with Crippen molar-refractivity contribution >= 4 is 49.1 Å². The van der Waals surface area contributed by atoms with Gasteiger partial charge >= 0.3 is 5.97 Å². The molecular weight excluding hydrogens is 525 g/mol. The highest BCUT2D eigenvalue weighted by atomic mass is 32.2. The number of thiazole rings is 1. The highest BCUT2D eigenvalue weighted by molar-refractivity contribution is 7.92. The molecule has 0 saturated carbocycles. The molecule has 0 atom stereocenters. The van der Waals surface area contributed by atoms with E-state index < -0.39 is 27.7 Å². The zero-order valence-electron chi connectivity index (χ0n) is 19.1. The van der Waals surface area contributed by atoms with Crippen molar-refractivity contribution in [2.45, 2.75) is 11.4 Å². The first-order valence-electron chi connectivity index (χ1n) is 10.7. The van der Waals surface area contributed by atoms with E-state index in [-0.39, 0.29) is 34.3 Å². The molecule has 1 amide bonds. The highest BCUT2D eigenvalue weighted by Crippen LogP contribution is 2.37. The molecule has 1 aromatic heterocycles. The van der Waals surface area contributed by atoms with Gasteiger partial charge < -0.3 is 18.8 Å². The van der Waals surface area contributed by atoms with E-state index in [2.05, 4.69) is 9.71 Å². The fourth-order valence-electron chi connectivity index (χ4n) is 3.55. The summed E-state index contributed by atoms with van der Waals surface area (Å²) in [4.78, 5) is 29.3. The van der Waals surface area contributed by atoms with E-state index in [4.69, 9.17) is 14.2 Å². The number of nitrogens with one attached hydrogen (secondary N) is 1. The van der Waals surface area contributed by atoms with E-state index in [9.17, 15) is 22.4 Å². The number of carbonyl (C=O) groups excluding carboxylic acids is 2. The Morgan fingerprint density at radius 3 is 2.43 bits per heavy atom. The summed E-state index contributed by atoms with van der Waals surface area (Å²) in [7, 11) is -2.68. The number of esters is 1. The lowest BCUT2D eigenvalue weighted by atomic mass is 10.2. The molecule has 0 aliphatic carbocycles. The first-order valence-corrected chi connectivity index (χ1v) is 13.0. The maximum Gasteiger partial charge on any atom is 0.325 e. The molecule has 0 bridgehead atoms. The fourth-order valence-corrected chi connectivity index (χ4v) is 5.65. The number of fused-ring (bicyclic) bond motifs is 2. The summed E-state index contributed by atoms with van der Waals surface area (Å²) >= 11 is 1.19. The maximum atomic E-state index is 13.1. The number of amides is 1. The second-order valence-electron chi connectivity index (χ2n) is 7.77. The minimum Gasteiger partial charge on any atom is -0.468 e. The van der Waals surface area contributed by atoms with Crippen molar-refractivity contribution < 1.29 is 36.6 Å². The Hall–Kier alpha value is -4.23. The number of hydrogen-bond acceptors (Lipinski definition) is 8. The van der Waals surface area contributed by atoms with Crippen LogP contribution in [0.25, 0.3) is 10.2 Å². The van der Waals surface area contributed by atoms with Crippen LogP contribution in [0.4, 0.5) is 10.1 Å². The van der Waals surface area contributed by atoms with Gasteiger partial charge in [-0.2, -0.15) is 4.99 Å². The van der Waals surface area contributed by atoms with Gasteiger partial charge in [-0.15, -0.1) is 0 Å². The molecule has 5 rings (SSSR count). The second-order valence-corrected chi connectivity index (χ2v) is 10.5. The Bertz CT molecular complexity index is 1690. The van der Waals surface area contributed by atoms with Crippen LogP contribution in [0.15, 0.2) is 70.6 Å². The van der Waals surface area contributed by atoms with Gasteiger partial charge in [0.25, 0.3) is 15.9 Å². The Balaban J connectivity index is 1.44. The minimum atomic E-state index is -3.94. The number of hydrogen-bond donors (Lipinski definition) is 1. The van der Waals surface area contributed by atoms with Crippen molar-refractivity contribution in [3.63, 3.8) is 0 Å². The largest absolute Gasteiger partial charge is 0.468 e. The molecule has 10 nitrogen and oxygen atoms in total. The molecule has 0 fully saturated rings. The summed E-state index contributed by atoms with van der Waals surface area (Å²) in [6.07, 6.45) is 0. The summed E-state index contributed by atoms with van der Waals surface area (Å²) < 4.78 is 58.4. The van der Waals surface area contributed by atoms with Crippen LogP contribution in [-0.2, 0) is 26.1 Å². The average Bonchev–Trinajstić information content (AvgIpc) is 3.46. The number of ether oxygens (including phenoxy) is 3. The number of sulfonamides is 1. The van der Waals surface area contributed by atoms with Crippen LogP contribution in [0, 0.1) is 5.82 Å². The van der Waals surface area contributed by atoms with Crippen molar-refractivity contribution in [1.82, 2.24) is 4.57 Å². The number of rotatable bonds is 6. The first-order chi connectivity index (χ1) is 17.7. The second kappa shape index (κ2) is 9.67. The fraction of sp³-hybridized carbons (Fsp3) is 0.125. The van der Waals surface area contributed by atoms with Crippen molar-refractivity contribution in [2.75, 3.05) is 18.6 Å². The van der Waals surface area contributed by atoms with Gasteiger partial charge in [-0.1, -0.05) is 11.3 Å². The van der Waals surface area contributed by atoms with Gasteiger partial charge in [-0.3, -0.25) is 14.3 Å². The van der Waals surface area contributed by atoms with E-state index in [1.807, 2.05) is 0 Å². The maximum absolute atomic E-state index is 13.1. The number of benzene rings is 3. The lowest BCUT2D eigenvalue weighted by Crippen LogP contribution is -2.22. The van der Waals surface area contributed by atoms with Gasteiger partial charge in [-0.05, 0) is 48.5 Å². The molecule has 0 unspecified atom stereocenters. The lowest BCUT2D eigenvalue weighted by molar-refractivity contribution is -0.141. The lowest BCUT2D eigenvalue weighted by Gasteiger charge is -2.08. The molecule has 3 aromatic carbocycles. The molecule has 37 heavy (non-hydrogen) atoms. The normalized spacial score (nSPS) is 13.1. The number of halogens is 1. The zero-order valence-corrected chi connectivity index (χ0v) is 20.8. The van der Waals surface area contributed by atoms with Crippen molar-refractivity contribution in [2.24, 2.45) is 4.99 Å². The van der Waals surface area contributed by atoms with Crippen molar-refractivity contribution in [1.29, 1.82) is 0 Å². The average molecular weight is 544 g/mol. The molecular formula is C24H18FN3O7S2. The Morgan fingerprint density at radius 1 is 1.08 bits per heavy atom. The molecule has 1 N–H and O–H groups in total. The molecule has 0 spiro atoms. The number of aromatic nitrogens is 1. The first kappa shape index (κ1) is 24.5. The topological polar surface area (TPSA) is 125 Å². The summed E-state index contributed by atoms with van der Waals surface area (Å²) in [6, 6.07) is 13.5. The molecule has 2 heterocycles. The Labute approximate surface area is 213 Å². The zero-order chi connectivity index (χ0) is 26.2. The van der Waals surface area contributed by atoms with Crippen LogP contribution < -0.4 is 19.0 Å². The molecule has 0 radical (unpaired) electrons. The summed E-state index contributed by atoms with van der Waals surface area (Å²) in [5.41, 5.74) is 1.02. The molecule has 4 aromatic rings. The molecule has 190 valence electrons. The van der Waals surface area contributed by atoms with Gasteiger partial charge in [0, 0.05) is 23.4 Å². The Kier molecular flexibility index (Phi) is 6.39. The van der Waals surface area contributed by atoms with Crippen LogP contribution >= 0.6 is 11.3 Å². The van der Waals surface area contributed by atoms with Crippen molar-refractivity contribution in [3.05, 3.63) is 76.8 Å². The summed E-state index contributed by atoms with van der Waals surface area (Å²) in [5, 5.41) is 0. The van der Waals surface area contributed by atoms with Crippen LogP contribution in [-0.4, -0.2) is 38.8 Å². The third-order valence-corrected chi connectivity index (χ3v) is 7.84. The Morgan fingerprint density at radius 2 is 1.76 bits per heavy atom. The third-order valence-electron chi connectivity index (χ3n) is 5.40. The number of anilines is 1. The van der Waals surface area contributed by atoms with Gasteiger partial charge in [-0.25, -0.2) is 12.8 Å². The standard InChI is InChI=1S/C24H18FN3O7S2/c1-33-22(29)12-28-18-10-19-20(35-13-34-19)11-21(18)36-24(28)26-23(30)14-2-6-16(7-3-14)27-37(31,32)17-8-4-15(25)5-9-17/h2-11,27H,12-13H2,1H3. The molecule has 1 aliphatic rings. The minimum absolute atomic E-state index is 0.0926. The number of methoxy groups -OCH3 is 1. The predicted octanol–water partition coefficient (Wildman–Crippen LogP) is 3.29. The van der Waals surface area contributed by atoms with E-state index >= 15 is 0 Å². The van der Waals surface area contributed by atoms with Crippen molar-refractivity contribution in [3.8, 4) is 11.5 Å². The number of nitrogens with zero attached hydrogens (tertiary/aromatic N) is 2. The van der Waals surface area contributed by atoms with E-state index in [0.717, 1.165) is 29.0 Å². The van der Waals surface area contributed by atoms with Gasteiger partial charge in [0.05, 0.1) is 22.2 Å². The van der Waals surface area contributed by atoms with E-state index in [1.54, 1.807) is 16.7 Å². The molecule has 13 heteroatoms. The monoisotopic (exact) mass is 543 g/mol. The molecule has 0 saturated heterocycles. The predicted molar refractivity (Wildman–Crippen MR) is 131 cm³/mol. The van der Waals surface area contributed by atoms with Crippen LogP contribution in [0.3, 0.4) is 0 Å². The van der Waals surface area contributed by atoms with Crippen LogP contribution in [0.5, 0.6) is 11.5 Å². The van der Waals surface area contributed by atoms with E-state index in [1.165, 1.54) is 42.7 Å². The van der Waals surface area contributed by atoms with Crippen LogP contribution in [0.2, 0.25) is 0 Å². The summed E-state index contributed by atoms with van der Waals surface area (Å²) in [5.74, 6) is -0.610. The SMILES string of the molecule is COC(=O)Cn1c(=NC(=O)c2ccc(NS(=O)(=O)c3ccc(F)cc3)cc2)sc2cc3c(cc21)OCO3. The highest BCUT2D eigenvalue weighted by Gasteiger charge is 2.20. The third kappa shape index (κ3) is 5.04. The van der Waals surface area contributed by atoms with Crippen LogP contribution in [0.1, 0.15) is 10.4 Å². The van der Waals surface area contributed by atoms with Gasteiger partial charge in [0.1, 0.15) is 12.4 Å².